The van der Waals surface area contributed by atoms with E-state index in [0.717, 1.165) is 27.8 Å². The summed E-state index contributed by atoms with van der Waals surface area (Å²) >= 11 is 3.46. The minimum atomic E-state index is 0.521. The summed E-state index contributed by atoms with van der Waals surface area (Å²) in [4.78, 5) is 4.06. The van der Waals surface area contributed by atoms with Crippen LogP contribution in [0.15, 0.2) is 47.2 Å². The van der Waals surface area contributed by atoms with Crippen molar-refractivity contribution >= 4 is 15.9 Å². The summed E-state index contributed by atoms with van der Waals surface area (Å²) in [6, 6.07) is 9.88. The quantitative estimate of drug-likeness (QED) is 0.924. The van der Waals surface area contributed by atoms with E-state index in [1.165, 1.54) is 0 Å². The molecule has 1 aromatic heterocycles. The zero-order chi connectivity index (χ0) is 12.8. The molecule has 0 bridgehead atoms. The van der Waals surface area contributed by atoms with Crippen LogP contribution in [0.5, 0.6) is 5.75 Å². The number of ether oxygens (including phenoxy) is 1. The minimum absolute atomic E-state index is 0.521. The van der Waals surface area contributed by atoms with Gasteiger partial charge in [0.2, 0.25) is 0 Å². The first kappa shape index (κ1) is 13.1. The SMILES string of the molecule is NCCc1cc(Br)ccc1OCc1cccnc1. The number of benzene rings is 1. The fraction of sp³-hybridized carbons (Fsp3) is 0.214. The summed E-state index contributed by atoms with van der Waals surface area (Å²) < 4.78 is 6.86. The number of hydrogen-bond acceptors (Lipinski definition) is 3. The van der Waals surface area contributed by atoms with Crippen molar-refractivity contribution in [3.63, 3.8) is 0 Å². The number of pyridine rings is 1. The van der Waals surface area contributed by atoms with Gasteiger partial charge in [-0.15, -0.1) is 0 Å². The molecule has 4 heteroatoms. The van der Waals surface area contributed by atoms with E-state index in [2.05, 4.69) is 20.9 Å². The third kappa shape index (κ3) is 3.55. The molecular formula is C14H15BrN2O. The molecule has 0 fully saturated rings. The van der Waals surface area contributed by atoms with Crippen LogP contribution in [0.3, 0.4) is 0 Å². The van der Waals surface area contributed by atoms with Crippen molar-refractivity contribution in [3.05, 3.63) is 58.3 Å². The lowest BCUT2D eigenvalue weighted by molar-refractivity contribution is 0.302. The normalized spacial score (nSPS) is 10.3. The summed E-state index contributed by atoms with van der Waals surface area (Å²) in [7, 11) is 0. The fourth-order valence-corrected chi connectivity index (χ4v) is 2.09. The number of halogens is 1. The molecule has 0 amide bonds. The molecule has 18 heavy (non-hydrogen) atoms. The van der Waals surface area contributed by atoms with Crippen molar-refractivity contribution in [1.82, 2.24) is 4.98 Å². The lowest BCUT2D eigenvalue weighted by Gasteiger charge is -2.11. The summed E-state index contributed by atoms with van der Waals surface area (Å²) in [6.45, 7) is 1.13. The van der Waals surface area contributed by atoms with Crippen molar-refractivity contribution in [2.75, 3.05) is 6.54 Å². The summed E-state index contributed by atoms with van der Waals surface area (Å²) in [5, 5.41) is 0. The molecule has 1 heterocycles. The molecule has 2 aromatic rings. The molecule has 94 valence electrons. The average Bonchev–Trinajstić information content (AvgIpc) is 2.39. The molecule has 0 unspecified atom stereocenters. The zero-order valence-corrected chi connectivity index (χ0v) is 11.6. The molecule has 1 aromatic carbocycles. The zero-order valence-electron chi connectivity index (χ0n) is 9.97. The maximum Gasteiger partial charge on any atom is 0.123 e. The molecule has 0 atom stereocenters. The van der Waals surface area contributed by atoms with Crippen LogP contribution < -0.4 is 10.5 Å². The van der Waals surface area contributed by atoms with E-state index in [-0.39, 0.29) is 0 Å². The standard InChI is InChI=1S/C14H15BrN2O/c15-13-3-4-14(12(8-13)5-6-16)18-10-11-2-1-7-17-9-11/h1-4,7-9H,5-6,10,16H2. The maximum atomic E-state index is 5.81. The van der Waals surface area contributed by atoms with Crippen LogP contribution in [0.25, 0.3) is 0 Å². The first-order chi connectivity index (χ1) is 8.79. The van der Waals surface area contributed by atoms with Crippen LogP contribution in [-0.2, 0) is 13.0 Å². The third-order valence-corrected chi connectivity index (χ3v) is 3.05. The molecule has 2 N–H and O–H groups in total. The Balaban J connectivity index is 2.09. The predicted molar refractivity (Wildman–Crippen MR) is 75.5 cm³/mol. The average molecular weight is 307 g/mol. The fourth-order valence-electron chi connectivity index (χ4n) is 1.68. The summed E-state index contributed by atoms with van der Waals surface area (Å²) in [6.07, 6.45) is 4.37. The van der Waals surface area contributed by atoms with Gasteiger partial charge in [-0.05, 0) is 42.8 Å². The van der Waals surface area contributed by atoms with Gasteiger partial charge in [0, 0.05) is 22.4 Å². The maximum absolute atomic E-state index is 5.81. The van der Waals surface area contributed by atoms with E-state index in [4.69, 9.17) is 10.5 Å². The minimum Gasteiger partial charge on any atom is -0.489 e. The van der Waals surface area contributed by atoms with E-state index in [0.29, 0.717) is 13.2 Å². The first-order valence-electron chi connectivity index (χ1n) is 5.80. The molecule has 2 rings (SSSR count). The van der Waals surface area contributed by atoms with Crippen LogP contribution >= 0.6 is 15.9 Å². The molecule has 0 aliphatic carbocycles. The Morgan fingerprint density at radius 2 is 2.17 bits per heavy atom. The van der Waals surface area contributed by atoms with Gasteiger partial charge in [-0.25, -0.2) is 0 Å². The Hall–Kier alpha value is -1.39. The second kappa shape index (κ2) is 6.52. The van der Waals surface area contributed by atoms with Crippen LogP contribution in [0.1, 0.15) is 11.1 Å². The number of rotatable bonds is 5. The van der Waals surface area contributed by atoms with Gasteiger partial charge in [-0.2, -0.15) is 0 Å². The van der Waals surface area contributed by atoms with Gasteiger partial charge in [0.15, 0.2) is 0 Å². The topological polar surface area (TPSA) is 48.1 Å². The van der Waals surface area contributed by atoms with Gasteiger partial charge in [-0.1, -0.05) is 22.0 Å². The monoisotopic (exact) mass is 306 g/mol. The number of nitrogens with zero attached hydrogens (tertiary/aromatic N) is 1. The van der Waals surface area contributed by atoms with E-state index in [1.54, 1.807) is 6.20 Å². The van der Waals surface area contributed by atoms with E-state index in [1.807, 2.05) is 36.5 Å². The molecular weight excluding hydrogens is 292 g/mol. The largest absolute Gasteiger partial charge is 0.489 e. The van der Waals surface area contributed by atoms with Gasteiger partial charge in [-0.3, -0.25) is 4.98 Å². The molecule has 0 saturated carbocycles. The van der Waals surface area contributed by atoms with Crippen molar-refractivity contribution in [2.24, 2.45) is 5.73 Å². The van der Waals surface area contributed by atoms with Crippen LogP contribution in [-0.4, -0.2) is 11.5 Å². The van der Waals surface area contributed by atoms with Crippen molar-refractivity contribution < 1.29 is 4.74 Å². The summed E-state index contributed by atoms with van der Waals surface area (Å²) in [5.74, 6) is 0.882. The molecule has 0 radical (unpaired) electrons. The van der Waals surface area contributed by atoms with Gasteiger partial charge in [0.05, 0.1) is 0 Å². The molecule has 0 aliphatic heterocycles. The lowest BCUT2D eigenvalue weighted by atomic mass is 10.1. The highest BCUT2D eigenvalue weighted by Gasteiger charge is 2.04. The predicted octanol–water partition coefficient (Wildman–Crippen LogP) is 2.92. The second-order valence-electron chi connectivity index (χ2n) is 3.94. The van der Waals surface area contributed by atoms with Crippen molar-refractivity contribution in [2.45, 2.75) is 13.0 Å². The van der Waals surface area contributed by atoms with Crippen LogP contribution in [0.2, 0.25) is 0 Å². The number of nitrogens with two attached hydrogens (primary N) is 1. The molecule has 0 aliphatic rings. The van der Waals surface area contributed by atoms with E-state index in [9.17, 15) is 0 Å². The smallest absolute Gasteiger partial charge is 0.123 e. The van der Waals surface area contributed by atoms with Gasteiger partial charge < -0.3 is 10.5 Å². The Labute approximate surface area is 115 Å². The Morgan fingerprint density at radius 1 is 1.28 bits per heavy atom. The van der Waals surface area contributed by atoms with E-state index >= 15 is 0 Å². The Kier molecular flexibility index (Phi) is 4.73. The molecule has 0 saturated heterocycles. The van der Waals surface area contributed by atoms with Gasteiger partial charge in [0.1, 0.15) is 12.4 Å². The van der Waals surface area contributed by atoms with Crippen LogP contribution in [0.4, 0.5) is 0 Å². The summed E-state index contributed by atoms with van der Waals surface area (Å²) in [5.41, 5.74) is 7.78. The molecule has 3 nitrogen and oxygen atoms in total. The Bertz CT molecular complexity index is 502. The highest BCUT2D eigenvalue weighted by molar-refractivity contribution is 9.10. The van der Waals surface area contributed by atoms with Gasteiger partial charge >= 0.3 is 0 Å². The van der Waals surface area contributed by atoms with E-state index < -0.39 is 0 Å². The van der Waals surface area contributed by atoms with Crippen molar-refractivity contribution in [3.8, 4) is 5.75 Å². The number of hydrogen-bond donors (Lipinski definition) is 1. The first-order valence-corrected chi connectivity index (χ1v) is 6.59. The molecule has 0 spiro atoms. The lowest BCUT2D eigenvalue weighted by Crippen LogP contribution is -2.05. The highest BCUT2D eigenvalue weighted by atomic mass is 79.9. The number of aromatic nitrogens is 1. The third-order valence-electron chi connectivity index (χ3n) is 2.55. The van der Waals surface area contributed by atoms with Crippen LogP contribution in [0, 0.1) is 0 Å². The van der Waals surface area contributed by atoms with Crippen molar-refractivity contribution in [1.29, 1.82) is 0 Å². The second-order valence-corrected chi connectivity index (χ2v) is 4.86. The Morgan fingerprint density at radius 3 is 2.89 bits per heavy atom. The van der Waals surface area contributed by atoms with Gasteiger partial charge in [0.25, 0.3) is 0 Å². The highest BCUT2D eigenvalue weighted by Crippen LogP contribution is 2.24.